The van der Waals surface area contributed by atoms with Crippen LogP contribution in [0.2, 0.25) is 0 Å². The molecule has 0 aromatic heterocycles. The smallest absolute Gasteiger partial charge is 0.191 e. The molecule has 2 aliphatic rings. The monoisotopic (exact) mass is 379 g/mol. The Hall–Kier alpha value is 0. The molecule has 0 heterocycles. The zero-order chi connectivity index (χ0) is 13.0. The summed E-state index contributed by atoms with van der Waals surface area (Å²) >= 11 is 0. The van der Waals surface area contributed by atoms with Crippen molar-refractivity contribution in [3.8, 4) is 0 Å². The van der Waals surface area contributed by atoms with Crippen molar-refractivity contribution in [3.05, 3.63) is 0 Å². The average Bonchev–Trinajstić information content (AvgIpc) is 3.19. The molecule has 0 bridgehead atoms. The van der Waals surface area contributed by atoms with Crippen LogP contribution >= 0.6 is 24.0 Å². The molecule has 0 saturated heterocycles. The summed E-state index contributed by atoms with van der Waals surface area (Å²) in [5, 5.41) is 7.04. The van der Waals surface area contributed by atoms with Gasteiger partial charge in [0.25, 0.3) is 0 Å². The van der Waals surface area contributed by atoms with Crippen LogP contribution in [0.4, 0.5) is 0 Å². The maximum Gasteiger partial charge on any atom is 0.191 e. The molecule has 0 radical (unpaired) electrons. The Kier molecular flexibility index (Phi) is 7.47. The Morgan fingerprint density at radius 2 is 1.74 bits per heavy atom. The standard InChI is InChI=1S/C15H29N3.HI/c1-11(2)13-6-8-14(9-7-13)18-15(16-3)17-10-12-4-5-12;/h11-14H,4-10H2,1-3H3,(H2,16,17,18);1H. The zero-order valence-electron chi connectivity index (χ0n) is 12.6. The summed E-state index contributed by atoms with van der Waals surface area (Å²) in [6.45, 7) is 5.81. The van der Waals surface area contributed by atoms with E-state index in [0.717, 1.165) is 30.3 Å². The summed E-state index contributed by atoms with van der Waals surface area (Å²) in [6.07, 6.45) is 8.12. The largest absolute Gasteiger partial charge is 0.356 e. The topological polar surface area (TPSA) is 36.4 Å². The van der Waals surface area contributed by atoms with Crippen LogP contribution in [0.5, 0.6) is 0 Å². The van der Waals surface area contributed by atoms with E-state index in [1.807, 2.05) is 7.05 Å². The highest BCUT2D eigenvalue weighted by atomic mass is 127. The molecule has 19 heavy (non-hydrogen) atoms. The molecular weight excluding hydrogens is 349 g/mol. The van der Waals surface area contributed by atoms with E-state index in [0.29, 0.717) is 6.04 Å². The predicted octanol–water partition coefficient (Wildman–Crippen LogP) is 3.39. The van der Waals surface area contributed by atoms with Gasteiger partial charge in [0, 0.05) is 19.6 Å². The van der Waals surface area contributed by atoms with Crippen LogP contribution in [0.15, 0.2) is 4.99 Å². The lowest BCUT2D eigenvalue weighted by Gasteiger charge is -2.32. The van der Waals surface area contributed by atoms with Gasteiger partial charge in [-0.25, -0.2) is 0 Å². The van der Waals surface area contributed by atoms with Gasteiger partial charge in [0.2, 0.25) is 0 Å². The lowest BCUT2D eigenvalue weighted by Crippen LogP contribution is -2.45. The normalized spacial score (nSPS) is 27.9. The van der Waals surface area contributed by atoms with Gasteiger partial charge in [0.15, 0.2) is 5.96 Å². The first-order valence-electron chi connectivity index (χ1n) is 7.66. The number of nitrogens with one attached hydrogen (secondary N) is 2. The minimum Gasteiger partial charge on any atom is -0.356 e. The highest BCUT2D eigenvalue weighted by Crippen LogP contribution is 2.30. The van der Waals surface area contributed by atoms with Crippen LogP contribution in [0, 0.1) is 17.8 Å². The molecule has 0 atom stereocenters. The molecule has 0 unspecified atom stereocenters. The third-order valence-corrected chi connectivity index (χ3v) is 4.53. The number of hydrogen-bond donors (Lipinski definition) is 2. The third kappa shape index (κ3) is 5.88. The van der Waals surface area contributed by atoms with Crippen LogP contribution in [0.3, 0.4) is 0 Å². The van der Waals surface area contributed by atoms with Crippen LogP contribution in [0.1, 0.15) is 52.4 Å². The van der Waals surface area contributed by atoms with E-state index in [2.05, 4.69) is 29.5 Å². The first kappa shape index (κ1) is 17.1. The maximum atomic E-state index is 4.33. The number of hydrogen-bond acceptors (Lipinski definition) is 1. The number of guanidine groups is 1. The molecule has 2 saturated carbocycles. The highest BCUT2D eigenvalue weighted by Gasteiger charge is 2.24. The summed E-state index contributed by atoms with van der Waals surface area (Å²) in [4.78, 5) is 4.33. The Balaban J connectivity index is 0.00000180. The van der Waals surface area contributed by atoms with E-state index in [9.17, 15) is 0 Å². The van der Waals surface area contributed by atoms with Gasteiger partial charge in [-0.1, -0.05) is 13.8 Å². The van der Waals surface area contributed by atoms with Crippen LogP contribution in [-0.4, -0.2) is 25.6 Å². The second kappa shape index (κ2) is 8.32. The minimum atomic E-state index is 0. The molecule has 0 aliphatic heterocycles. The van der Waals surface area contributed by atoms with Crippen LogP contribution in [0.25, 0.3) is 0 Å². The predicted molar refractivity (Wildman–Crippen MR) is 93.2 cm³/mol. The fourth-order valence-electron chi connectivity index (χ4n) is 2.88. The molecule has 0 spiro atoms. The summed E-state index contributed by atoms with van der Waals surface area (Å²) in [6, 6.07) is 0.630. The molecule has 3 nitrogen and oxygen atoms in total. The SMILES string of the molecule is CN=C(NCC1CC1)NC1CCC(C(C)C)CC1.I. The Morgan fingerprint density at radius 1 is 1.11 bits per heavy atom. The van der Waals surface area contributed by atoms with Gasteiger partial charge in [-0.15, -0.1) is 24.0 Å². The summed E-state index contributed by atoms with van der Waals surface area (Å²) in [5.41, 5.74) is 0. The van der Waals surface area contributed by atoms with Gasteiger partial charge in [0.05, 0.1) is 0 Å². The first-order chi connectivity index (χ1) is 8.69. The Bertz CT molecular complexity index is 279. The molecule has 112 valence electrons. The van der Waals surface area contributed by atoms with Gasteiger partial charge in [-0.3, -0.25) is 4.99 Å². The van der Waals surface area contributed by atoms with E-state index in [1.54, 1.807) is 0 Å². The fraction of sp³-hybridized carbons (Fsp3) is 0.933. The van der Waals surface area contributed by atoms with Gasteiger partial charge >= 0.3 is 0 Å². The van der Waals surface area contributed by atoms with E-state index in [4.69, 9.17) is 0 Å². The van der Waals surface area contributed by atoms with Gasteiger partial charge < -0.3 is 10.6 Å². The number of rotatable bonds is 4. The molecule has 0 amide bonds. The van der Waals surface area contributed by atoms with Gasteiger partial charge in [-0.2, -0.15) is 0 Å². The number of aliphatic imine (C=N–C) groups is 1. The molecule has 0 aromatic rings. The minimum absolute atomic E-state index is 0. The Labute approximate surface area is 135 Å². The van der Waals surface area contributed by atoms with E-state index in [1.165, 1.54) is 38.5 Å². The molecule has 4 heteroatoms. The summed E-state index contributed by atoms with van der Waals surface area (Å²) < 4.78 is 0. The summed E-state index contributed by atoms with van der Waals surface area (Å²) in [5.74, 6) is 3.69. The number of nitrogens with zero attached hydrogens (tertiary/aromatic N) is 1. The average molecular weight is 379 g/mol. The van der Waals surface area contributed by atoms with E-state index < -0.39 is 0 Å². The van der Waals surface area contributed by atoms with E-state index >= 15 is 0 Å². The van der Waals surface area contributed by atoms with Crippen molar-refractivity contribution in [2.45, 2.75) is 58.4 Å². The van der Waals surface area contributed by atoms with Crippen molar-refractivity contribution in [3.63, 3.8) is 0 Å². The van der Waals surface area contributed by atoms with Crippen molar-refractivity contribution < 1.29 is 0 Å². The molecule has 2 rings (SSSR count). The molecule has 0 aromatic carbocycles. The summed E-state index contributed by atoms with van der Waals surface area (Å²) in [7, 11) is 1.88. The first-order valence-corrected chi connectivity index (χ1v) is 7.66. The second-order valence-electron chi connectivity index (χ2n) is 6.40. The maximum absolute atomic E-state index is 4.33. The highest BCUT2D eigenvalue weighted by molar-refractivity contribution is 14.0. The third-order valence-electron chi connectivity index (χ3n) is 4.53. The van der Waals surface area contributed by atoms with Crippen molar-refractivity contribution in [2.24, 2.45) is 22.7 Å². The van der Waals surface area contributed by atoms with Crippen molar-refractivity contribution in [1.82, 2.24) is 10.6 Å². The zero-order valence-corrected chi connectivity index (χ0v) is 14.9. The van der Waals surface area contributed by atoms with Crippen molar-refractivity contribution >= 4 is 29.9 Å². The lowest BCUT2D eigenvalue weighted by atomic mass is 9.80. The molecule has 2 fully saturated rings. The lowest BCUT2D eigenvalue weighted by molar-refractivity contribution is 0.250. The van der Waals surface area contributed by atoms with Gasteiger partial charge in [-0.05, 0) is 56.3 Å². The van der Waals surface area contributed by atoms with Crippen LogP contribution < -0.4 is 10.6 Å². The second-order valence-corrected chi connectivity index (χ2v) is 6.40. The van der Waals surface area contributed by atoms with Crippen molar-refractivity contribution in [2.75, 3.05) is 13.6 Å². The van der Waals surface area contributed by atoms with Gasteiger partial charge in [0.1, 0.15) is 0 Å². The van der Waals surface area contributed by atoms with Crippen molar-refractivity contribution in [1.29, 1.82) is 0 Å². The number of halogens is 1. The molecular formula is C15H30IN3. The molecule has 2 N–H and O–H groups in total. The van der Waals surface area contributed by atoms with Crippen LogP contribution in [-0.2, 0) is 0 Å². The molecule has 2 aliphatic carbocycles. The fourth-order valence-corrected chi connectivity index (χ4v) is 2.88. The van der Waals surface area contributed by atoms with E-state index in [-0.39, 0.29) is 24.0 Å². The quantitative estimate of drug-likeness (QED) is 0.446. The Morgan fingerprint density at radius 3 is 2.21 bits per heavy atom.